The van der Waals surface area contributed by atoms with Crippen molar-refractivity contribution in [2.75, 3.05) is 33.2 Å². The third kappa shape index (κ3) is 6.91. The Hall–Kier alpha value is -1.55. The van der Waals surface area contributed by atoms with Crippen molar-refractivity contribution in [2.24, 2.45) is 10.9 Å². The van der Waals surface area contributed by atoms with E-state index in [1.165, 1.54) is 56.4 Å². The molecule has 1 unspecified atom stereocenters. The lowest BCUT2D eigenvalue weighted by Gasteiger charge is -2.30. The predicted octanol–water partition coefficient (Wildman–Crippen LogP) is 3.17. The summed E-state index contributed by atoms with van der Waals surface area (Å²) in [6.07, 6.45) is 5.22. The molecule has 1 aromatic rings. The number of nitrogens with zero attached hydrogens (tertiary/aromatic N) is 2. The Morgan fingerprint density at radius 1 is 1.29 bits per heavy atom. The summed E-state index contributed by atoms with van der Waals surface area (Å²) in [6.45, 7) is 10.1. The monoisotopic (exact) mass is 330 g/mol. The SMILES string of the molecule is CN=C(NCCCCN1CCCC(C)C1)NCc1cccc(C)c1. The molecule has 0 aliphatic carbocycles. The lowest BCUT2D eigenvalue weighted by molar-refractivity contribution is 0.181. The third-order valence-electron chi connectivity index (χ3n) is 4.70. The maximum atomic E-state index is 4.31. The summed E-state index contributed by atoms with van der Waals surface area (Å²) in [5.74, 6) is 1.77. The van der Waals surface area contributed by atoms with E-state index in [9.17, 15) is 0 Å². The Bertz CT molecular complexity index is 512. The van der Waals surface area contributed by atoms with Crippen molar-refractivity contribution in [1.82, 2.24) is 15.5 Å². The van der Waals surface area contributed by atoms with E-state index in [1.807, 2.05) is 7.05 Å². The first-order valence-corrected chi connectivity index (χ1v) is 9.40. The van der Waals surface area contributed by atoms with Crippen LogP contribution in [-0.2, 0) is 6.54 Å². The van der Waals surface area contributed by atoms with Crippen LogP contribution >= 0.6 is 0 Å². The van der Waals surface area contributed by atoms with Gasteiger partial charge in [0.2, 0.25) is 0 Å². The van der Waals surface area contributed by atoms with E-state index in [-0.39, 0.29) is 0 Å². The number of nitrogens with one attached hydrogen (secondary N) is 2. The van der Waals surface area contributed by atoms with Crippen LogP contribution in [0.1, 0.15) is 43.7 Å². The molecule has 0 bridgehead atoms. The molecule has 2 rings (SSSR count). The average molecular weight is 331 g/mol. The van der Waals surface area contributed by atoms with Gasteiger partial charge in [0.1, 0.15) is 0 Å². The normalized spacial score (nSPS) is 19.3. The lowest BCUT2D eigenvalue weighted by Crippen LogP contribution is -2.38. The molecule has 134 valence electrons. The number of guanidine groups is 1. The number of aryl methyl sites for hydroxylation is 1. The summed E-state index contributed by atoms with van der Waals surface area (Å²) in [6, 6.07) is 8.58. The fourth-order valence-electron chi connectivity index (χ4n) is 3.39. The van der Waals surface area contributed by atoms with E-state index in [4.69, 9.17) is 0 Å². The van der Waals surface area contributed by atoms with Crippen LogP contribution in [0.5, 0.6) is 0 Å². The molecule has 1 saturated heterocycles. The molecule has 4 heteroatoms. The van der Waals surface area contributed by atoms with Gasteiger partial charge >= 0.3 is 0 Å². The minimum absolute atomic E-state index is 0.813. The fourth-order valence-corrected chi connectivity index (χ4v) is 3.39. The number of hydrogen-bond acceptors (Lipinski definition) is 2. The molecule has 1 atom stereocenters. The second-order valence-electron chi connectivity index (χ2n) is 7.10. The Kier molecular flexibility index (Phi) is 8.10. The largest absolute Gasteiger partial charge is 0.356 e. The quantitative estimate of drug-likeness (QED) is 0.458. The summed E-state index contributed by atoms with van der Waals surface area (Å²) >= 11 is 0. The summed E-state index contributed by atoms with van der Waals surface area (Å²) in [4.78, 5) is 6.93. The number of rotatable bonds is 7. The lowest BCUT2D eigenvalue weighted by atomic mass is 10.0. The Morgan fingerprint density at radius 3 is 2.92 bits per heavy atom. The smallest absolute Gasteiger partial charge is 0.191 e. The van der Waals surface area contributed by atoms with Gasteiger partial charge in [-0.2, -0.15) is 0 Å². The van der Waals surface area contributed by atoms with Crippen LogP contribution in [0.2, 0.25) is 0 Å². The molecule has 0 amide bonds. The summed E-state index contributed by atoms with van der Waals surface area (Å²) in [5.41, 5.74) is 2.58. The highest BCUT2D eigenvalue weighted by Crippen LogP contribution is 2.15. The van der Waals surface area contributed by atoms with Gasteiger partial charge in [-0.3, -0.25) is 4.99 Å². The summed E-state index contributed by atoms with van der Waals surface area (Å²) in [5, 5.41) is 6.81. The van der Waals surface area contributed by atoms with Crippen molar-refractivity contribution in [2.45, 2.75) is 46.1 Å². The first kappa shape index (κ1) is 18.8. The Labute approximate surface area is 147 Å². The maximum Gasteiger partial charge on any atom is 0.191 e. The van der Waals surface area contributed by atoms with Gasteiger partial charge in [0.25, 0.3) is 0 Å². The fraction of sp³-hybridized carbons (Fsp3) is 0.650. The summed E-state index contributed by atoms with van der Waals surface area (Å²) in [7, 11) is 1.83. The van der Waals surface area contributed by atoms with Gasteiger partial charge in [-0.1, -0.05) is 36.8 Å². The van der Waals surface area contributed by atoms with Gasteiger partial charge in [0.15, 0.2) is 5.96 Å². The highest BCUT2D eigenvalue weighted by atomic mass is 15.2. The van der Waals surface area contributed by atoms with E-state index >= 15 is 0 Å². The number of piperidine rings is 1. The minimum atomic E-state index is 0.813. The molecule has 1 aromatic carbocycles. The van der Waals surface area contributed by atoms with Crippen LogP contribution in [0.15, 0.2) is 29.3 Å². The van der Waals surface area contributed by atoms with Crippen molar-refractivity contribution in [3.8, 4) is 0 Å². The zero-order chi connectivity index (χ0) is 17.2. The number of likely N-dealkylation sites (tertiary alicyclic amines) is 1. The van der Waals surface area contributed by atoms with Crippen LogP contribution in [0.3, 0.4) is 0 Å². The molecule has 1 aliphatic rings. The molecule has 1 aliphatic heterocycles. The van der Waals surface area contributed by atoms with Crippen molar-refractivity contribution in [3.05, 3.63) is 35.4 Å². The van der Waals surface area contributed by atoms with Gasteiger partial charge in [0.05, 0.1) is 0 Å². The first-order valence-electron chi connectivity index (χ1n) is 9.40. The van der Waals surface area contributed by atoms with Crippen molar-refractivity contribution in [1.29, 1.82) is 0 Å². The number of benzene rings is 1. The standard InChI is InChI=1S/C20H34N4/c1-17-8-6-10-19(14-17)15-23-20(21-3)22-11-4-5-12-24-13-7-9-18(2)16-24/h6,8,10,14,18H,4-5,7,9,11-13,15-16H2,1-3H3,(H2,21,22,23). The van der Waals surface area contributed by atoms with Crippen LogP contribution in [0, 0.1) is 12.8 Å². The highest BCUT2D eigenvalue weighted by molar-refractivity contribution is 5.79. The van der Waals surface area contributed by atoms with Crippen LogP contribution in [0.25, 0.3) is 0 Å². The molecule has 1 heterocycles. The topological polar surface area (TPSA) is 39.7 Å². The van der Waals surface area contributed by atoms with Gasteiger partial charge in [-0.15, -0.1) is 0 Å². The molecule has 1 fully saturated rings. The van der Waals surface area contributed by atoms with Gasteiger partial charge < -0.3 is 15.5 Å². The zero-order valence-corrected chi connectivity index (χ0v) is 15.6. The number of aliphatic imine (C=N–C) groups is 1. The number of hydrogen-bond donors (Lipinski definition) is 2. The molecule has 24 heavy (non-hydrogen) atoms. The average Bonchev–Trinajstić information content (AvgIpc) is 2.57. The van der Waals surface area contributed by atoms with Gasteiger partial charge in [0, 0.05) is 26.7 Å². The van der Waals surface area contributed by atoms with Crippen LogP contribution in [0.4, 0.5) is 0 Å². The zero-order valence-electron chi connectivity index (χ0n) is 15.6. The van der Waals surface area contributed by atoms with Crippen molar-refractivity contribution >= 4 is 5.96 Å². The predicted molar refractivity (Wildman–Crippen MR) is 103 cm³/mol. The van der Waals surface area contributed by atoms with E-state index < -0.39 is 0 Å². The first-order chi connectivity index (χ1) is 11.7. The van der Waals surface area contributed by atoms with Crippen molar-refractivity contribution < 1.29 is 0 Å². The molecule has 0 aromatic heterocycles. The Balaban J connectivity index is 1.58. The second kappa shape index (κ2) is 10.3. The van der Waals surface area contributed by atoms with E-state index in [2.05, 4.69) is 58.6 Å². The minimum Gasteiger partial charge on any atom is -0.356 e. The van der Waals surface area contributed by atoms with E-state index in [0.29, 0.717) is 0 Å². The molecule has 0 saturated carbocycles. The molecule has 0 spiro atoms. The molecule has 0 radical (unpaired) electrons. The molecular formula is C20H34N4. The summed E-state index contributed by atoms with van der Waals surface area (Å²) < 4.78 is 0. The van der Waals surface area contributed by atoms with Crippen LogP contribution < -0.4 is 10.6 Å². The third-order valence-corrected chi connectivity index (χ3v) is 4.70. The number of unbranched alkanes of at least 4 members (excludes halogenated alkanes) is 1. The van der Waals surface area contributed by atoms with Gasteiger partial charge in [-0.25, -0.2) is 0 Å². The van der Waals surface area contributed by atoms with E-state index in [1.54, 1.807) is 0 Å². The van der Waals surface area contributed by atoms with Crippen molar-refractivity contribution in [3.63, 3.8) is 0 Å². The van der Waals surface area contributed by atoms with E-state index in [0.717, 1.165) is 25.0 Å². The Morgan fingerprint density at radius 2 is 2.17 bits per heavy atom. The molecular weight excluding hydrogens is 296 g/mol. The molecule has 4 nitrogen and oxygen atoms in total. The van der Waals surface area contributed by atoms with Gasteiger partial charge in [-0.05, 0) is 57.2 Å². The molecule has 2 N–H and O–H groups in total. The van der Waals surface area contributed by atoms with Crippen LogP contribution in [-0.4, -0.2) is 44.1 Å². The maximum absolute atomic E-state index is 4.31. The second-order valence-corrected chi connectivity index (χ2v) is 7.10. The highest BCUT2D eigenvalue weighted by Gasteiger charge is 2.15.